The van der Waals surface area contributed by atoms with Crippen molar-refractivity contribution in [2.45, 2.75) is 18.9 Å². The summed E-state index contributed by atoms with van der Waals surface area (Å²) in [7, 11) is 0. The number of anilines is 2. The highest BCUT2D eigenvalue weighted by Gasteiger charge is 2.21. The number of nitrogens with zero attached hydrogens (tertiary/aromatic N) is 3. The highest BCUT2D eigenvalue weighted by atomic mass is 16.6. The van der Waals surface area contributed by atoms with Crippen LogP contribution in [0.5, 0.6) is 0 Å². The number of benzene rings is 2. The average Bonchev–Trinajstić information content (AvgIpc) is 2.69. The van der Waals surface area contributed by atoms with Gasteiger partial charge in [0.2, 0.25) is 0 Å². The molecule has 1 fully saturated rings. The van der Waals surface area contributed by atoms with Gasteiger partial charge >= 0.3 is 0 Å². The molecular weight excluding hydrogens is 328 g/mol. The van der Waals surface area contributed by atoms with Crippen LogP contribution in [0.2, 0.25) is 0 Å². The van der Waals surface area contributed by atoms with Crippen molar-refractivity contribution in [2.75, 3.05) is 23.3 Å². The number of non-ortho nitro benzene ring substituents is 1. The third-order valence-electron chi connectivity index (χ3n) is 4.97. The van der Waals surface area contributed by atoms with E-state index in [9.17, 15) is 10.1 Å². The fraction of sp³-hybridized carbons (Fsp3) is 0.250. The SMILES string of the molecule is O=[N+]([O-])c1ccc(NC2CCN(c3ccccc3)CC2)c2ccncc12. The molecule has 0 atom stereocenters. The van der Waals surface area contributed by atoms with Crippen LogP contribution >= 0.6 is 0 Å². The molecule has 3 aromatic rings. The van der Waals surface area contributed by atoms with Crippen LogP contribution in [-0.2, 0) is 0 Å². The lowest BCUT2D eigenvalue weighted by atomic mass is 10.0. The summed E-state index contributed by atoms with van der Waals surface area (Å²) in [6, 6.07) is 16.0. The molecule has 0 radical (unpaired) electrons. The number of nitro benzene ring substituents is 1. The number of para-hydroxylation sites is 1. The smallest absolute Gasteiger partial charge is 0.278 e. The van der Waals surface area contributed by atoms with Gasteiger partial charge in [-0.25, -0.2) is 0 Å². The first-order valence-corrected chi connectivity index (χ1v) is 8.80. The van der Waals surface area contributed by atoms with Gasteiger partial charge in [0.05, 0.1) is 10.3 Å². The van der Waals surface area contributed by atoms with Crippen molar-refractivity contribution in [1.82, 2.24) is 4.98 Å². The molecule has 0 aliphatic carbocycles. The van der Waals surface area contributed by atoms with Crippen LogP contribution in [0.4, 0.5) is 17.1 Å². The summed E-state index contributed by atoms with van der Waals surface area (Å²) in [5.74, 6) is 0. The van der Waals surface area contributed by atoms with E-state index in [0.717, 1.165) is 37.0 Å². The Bertz CT molecular complexity index is 922. The zero-order chi connectivity index (χ0) is 17.9. The van der Waals surface area contributed by atoms with Gasteiger partial charge in [0.15, 0.2) is 0 Å². The Kier molecular flexibility index (Phi) is 4.39. The van der Waals surface area contributed by atoms with Crippen molar-refractivity contribution in [3.05, 3.63) is 71.0 Å². The Morgan fingerprint density at radius 1 is 1.04 bits per heavy atom. The van der Waals surface area contributed by atoms with Crippen LogP contribution in [0.3, 0.4) is 0 Å². The molecule has 2 heterocycles. The van der Waals surface area contributed by atoms with Gasteiger partial charge in [0.1, 0.15) is 0 Å². The van der Waals surface area contributed by atoms with Gasteiger partial charge in [-0.2, -0.15) is 0 Å². The summed E-state index contributed by atoms with van der Waals surface area (Å²) in [4.78, 5) is 17.3. The third-order valence-corrected chi connectivity index (χ3v) is 4.97. The number of pyridine rings is 1. The Morgan fingerprint density at radius 3 is 2.54 bits per heavy atom. The molecule has 1 aliphatic rings. The molecule has 1 saturated heterocycles. The van der Waals surface area contributed by atoms with Gasteiger partial charge in [-0.05, 0) is 37.1 Å². The number of fused-ring (bicyclic) bond motifs is 1. The summed E-state index contributed by atoms with van der Waals surface area (Å²) in [6.45, 7) is 1.99. The number of piperidine rings is 1. The topological polar surface area (TPSA) is 71.3 Å². The molecular formula is C20H20N4O2. The van der Waals surface area contributed by atoms with E-state index in [0.29, 0.717) is 11.4 Å². The maximum absolute atomic E-state index is 11.2. The number of rotatable bonds is 4. The van der Waals surface area contributed by atoms with Crippen molar-refractivity contribution in [1.29, 1.82) is 0 Å². The molecule has 2 aromatic carbocycles. The van der Waals surface area contributed by atoms with Crippen LogP contribution in [-0.4, -0.2) is 29.0 Å². The lowest BCUT2D eigenvalue weighted by Gasteiger charge is -2.34. The van der Waals surface area contributed by atoms with E-state index in [-0.39, 0.29) is 10.6 Å². The molecule has 6 nitrogen and oxygen atoms in total. The minimum absolute atomic E-state index is 0.0950. The monoisotopic (exact) mass is 348 g/mol. The minimum atomic E-state index is -0.355. The molecule has 26 heavy (non-hydrogen) atoms. The molecule has 0 bridgehead atoms. The van der Waals surface area contributed by atoms with E-state index in [1.54, 1.807) is 18.5 Å². The molecule has 6 heteroatoms. The van der Waals surface area contributed by atoms with Crippen molar-refractivity contribution in [3.8, 4) is 0 Å². The van der Waals surface area contributed by atoms with E-state index in [4.69, 9.17) is 0 Å². The van der Waals surface area contributed by atoms with Gasteiger partial charge in [-0.1, -0.05) is 18.2 Å². The Balaban J connectivity index is 1.50. The molecule has 132 valence electrons. The molecule has 0 saturated carbocycles. The fourth-order valence-corrected chi connectivity index (χ4v) is 3.60. The highest BCUT2D eigenvalue weighted by Crippen LogP contribution is 2.32. The second-order valence-electron chi connectivity index (χ2n) is 6.55. The molecule has 0 amide bonds. The van der Waals surface area contributed by atoms with Crippen molar-refractivity contribution < 1.29 is 4.92 Å². The minimum Gasteiger partial charge on any atom is -0.382 e. The largest absolute Gasteiger partial charge is 0.382 e. The van der Waals surface area contributed by atoms with Gasteiger partial charge in [0, 0.05) is 54.4 Å². The van der Waals surface area contributed by atoms with Crippen molar-refractivity contribution >= 4 is 27.8 Å². The highest BCUT2D eigenvalue weighted by molar-refractivity contribution is 5.99. The molecule has 0 unspecified atom stereocenters. The second kappa shape index (κ2) is 7.00. The first-order chi connectivity index (χ1) is 12.7. The molecule has 1 aliphatic heterocycles. The molecule has 0 spiro atoms. The molecule has 4 rings (SSSR count). The standard InChI is InChI=1S/C20H20N4O2/c25-24(26)20-7-6-19(17-8-11-21-14-18(17)20)22-15-9-12-23(13-10-15)16-4-2-1-3-5-16/h1-8,11,14-15,22H,9-10,12-13H2. The molecule has 1 aromatic heterocycles. The van der Waals surface area contributed by atoms with Crippen LogP contribution in [0.15, 0.2) is 60.9 Å². The Labute approximate surface area is 151 Å². The zero-order valence-corrected chi connectivity index (χ0v) is 14.3. The van der Waals surface area contributed by atoms with E-state index in [2.05, 4.69) is 39.5 Å². The quantitative estimate of drug-likeness (QED) is 0.564. The molecule has 1 N–H and O–H groups in total. The van der Waals surface area contributed by atoms with E-state index in [1.807, 2.05) is 18.2 Å². The van der Waals surface area contributed by atoms with Gasteiger partial charge in [-0.3, -0.25) is 15.1 Å². The van der Waals surface area contributed by atoms with E-state index >= 15 is 0 Å². The third kappa shape index (κ3) is 3.18. The van der Waals surface area contributed by atoms with Crippen LogP contribution in [0.1, 0.15) is 12.8 Å². The average molecular weight is 348 g/mol. The number of nitrogens with one attached hydrogen (secondary N) is 1. The van der Waals surface area contributed by atoms with Gasteiger partial charge in [-0.15, -0.1) is 0 Å². The lowest BCUT2D eigenvalue weighted by molar-refractivity contribution is -0.383. The Hall–Kier alpha value is -3.15. The predicted octanol–water partition coefficient (Wildman–Crippen LogP) is 4.22. The van der Waals surface area contributed by atoms with Crippen LogP contribution in [0, 0.1) is 10.1 Å². The summed E-state index contributed by atoms with van der Waals surface area (Å²) < 4.78 is 0. The predicted molar refractivity (Wildman–Crippen MR) is 104 cm³/mol. The van der Waals surface area contributed by atoms with Gasteiger partial charge < -0.3 is 10.2 Å². The normalized spacial score (nSPS) is 15.2. The lowest BCUT2D eigenvalue weighted by Crippen LogP contribution is -2.39. The van der Waals surface area contributed by atoms with Crippen LogP contribution in [0.25, 0.3) is 10.8 Å². The fourth-order valence-electron chi connectivity index (χ4n) is 3.60. The second-order valence-corrected chi connectivity index (χ2v) is 6.55. The van der Waals surface area contributed by atoms with Crippen LogP contribution < -0.4 is 10.2 Å². The summed E-state index contributed by atoms with van der Waals surface area (Å²) in [6.07, 6.45) is 5.29. The Morgan fingerprint density at radius 2 is 1.81 bits per heavy atom. The number of hydrogen-bond donors (Lipinski definition) is 1. The summed E-state index contributed by atoms with van der Waals surface area (Å²) in [5, 5.41) is 16.2. The summed E-state index contributed by atoms with van der Waals surface area (Å²) >= 11 is 0. The summed E-state index contributed by atoms with van der Waals surface area (Å²) in [5.41, 5.74) is 2.29. The number of nitro groups is 1. The van der Waals surface area contributed by atoms with Crippen molar-refractivity contribution in [2.24, 2.45) is 0 Å². The first kappa shape index (κ1) is 16.3. The van der Waals surface area contributed by atoms with E-state index < -0.39 is 0 Å². The van der Waals surface area contributed by atoms with Gasteiger partial charge in [0.25, 0.3) is 5.69 Å². The zero-order valence-electron chi connectivity index (χ0n) is 14.3. The van der Waals surface area contributed by atoms with E-state index in [1.165, 1.54) is 5.69 Å². The first-order valence-electron chi connectivity index (χ1n) is 8.80. The maximum Gasteiger partial charge on any atom is 0.278 e. The van der Waals surface area contributed by atoms with Crippen molar-refractivity contribution in [3.63, 3.8) is 0 Å². The number of aromatic nitrogens is 1. The maximum atomic E-state index is 11.2. The number of hydrogen-bond acceptors (Lipinski definition) is 5.